The summed E-state index contributed by atoms with van der Waals surface area (Å²) in [5, 5.41) is 19.1. The minimum Gasteiger partial charge on any atom is -0.466 e. The van der Waals surface area contributed by atoms with Crippen molar-refractivity contribution >= 4 is 5.97 Å². The lowest BCUT2D eigenvalue weighted by Crippen LogP contribution is -2.42. The van der Waals surface area contributed by atoms with Crippen molar-refractivity contribution in [1.82, 2.24) is 0 Å². The lowest BCUT2D eigenvalue weighted by atomic mass is 9.92. The van der Waals surface area contributed by atoms with Crippen LogP contribution in [0.2, 0.25) is 0 Å². The van der Waals surface area contributed by atoms with Crippen LogP contribution >= 0.6 is 0 Å². The molecule has 1 aliphatic rings. The zero-order valence-electron chi connectivity index (χ0n) is 9.25. The minimum absolute atomic E-state index is 0.0110. The first kappa shape index (κ1) is 13.1. The lowest BCUT2D eigenvalue weighted by molar-refractivity contribution is -0.145. The third-order valence-electron chi connectivity index (χ3n) is 2.37. The summed E-state index contributed by atoms with van der Waals surface area (Å²) in [5.41, 5.74) is 0.293. The molecule has 92 valence electrons. The summed E-state index contributed by atoms with van der Waals surface area (Å²) >= 11 is 0. The van der Waals surface area contributed by atoms with Crippen LogP contribution in [-0.2, 0) is 19.0 Å². The van der Waals surface area contributed by atoms with E-state index in [1.54, 1.807) is 0 Å². The first-order valence-corrected chi connectivity index (χ1v) is 4.85. The van der Waals surface area contributed by atoms with E-state index in [0.29, 0.717) is 5.57 Å². The molecule has 3 atom stereocenters. The van der Waals surface area contributed by atoms with E-state index < -0.39 is 24.3 Å². The lowest BCUT2D eigenvalue weighted by Gasteiger charge is -2.30. The van der Waals surface area contributed by atoms with Crippen LogP contribution in [0.1, 0.15) is 6.42 Å². The molecule has 0 aromatic rings. The van der Waals surface area contributed by atoms with Gasteiger partial charge in [0.1, 0.15) is 19.0 Å². The highest BCUT2D eigenvalue weighted by Crippen LogP contribution is 2.22. The molecular weight excluding hydrogens is 216 g/mol. The molecule has 0 aromatic heterocycles. The Labute approximate surface area is 93.4 Å². The molecule has 0 fully saturated rings. The summed E-state index contributed by atoms with van der Waals surface area (Å²) in [4.78, 5) is 11.3. The second-order valence-electron chi connectivity index (χ2n) is 3.48. The van der Waals surface area contributed by atoms with E-state index in [0.717, 1.165) is 0 Å². The van der Waals surface area contributed by atoms with Crippen molar-refractivity contribution in [2.75, 3.05) is 21.0 Å². The molecule has 0 heterocycles. The monoisotopic (exact) mass is 232 g/mol. The molecule has 0 saturated carbocycles. The summed E-state index contributed by atoms with van der Waals surface area (Å²) < 4.78 is 14.4. The van der Waals surface area contributed by atoms with Gasteiger partial charge in [-0.05, 0) is 6.08 Å². The van der Waals surface area contributed by atoms with Crippen molar-refractivity contribution < 1.29 is 29.2 Å². The van der Waals surface area contributed by atoms with Crippen LogP contribution in [0.3, 0.4) is 0 Å². The van der Waals surface area contributed by atoms with Crippen LogP contribution in [0.4, 0.5) is 0 Å². The fraction of sp³-hybridized carbons (Fsp3) is 0.700. The quantitative estimate of drug-likeness (QED) is 0.487. The number of methoxy groups -OCH3 is 2. The normalized spacial score (nSPS) is 29.8. The molecule has 0 aromatic carbocycles. The van der Waals surface area contributed by atoms with Crippen molar-refractivity contribution in [3.63, 3.8) is 0 Å². The van der Waals surface area contributed by atoms with Crippen LogP contribution in [0.25, 0.3) is 0 Å². The van der Waals surface area contributed by atoms with Crippen LogP contribution in [0, 0.1) is 0 Å². The Bertz CT molecular complexity index is 274. The second-order valence-corrected chi connectivity index (χ2v) is 3.48. The number of aliphatic hydroxyl groups excluding tert-OH is 2. The van der Waals surface area contributed by atoms with Crippen molar-refractivity contribution in [2.24, 2.45) is 0 Å². The molecule has 0 bridgehead atoms. The van der Waals surface area contributed by atoms with E-state index in [2.05, 4.69) is 4.74 Å². The highest BCUT2D eigenvalue weighted by atomic mass is 16.7. The molecule has 0 amide bonds. The molecule has 2 N–H and O–H groups in total. The van der Waals surface area contributed by atoms with Gasteiger partial charge in [-0.15, -0.1) is 0 Å². The zero-order valence-corrected chi connectivity index (χ0v) is 9.25. The maximum absolute atomic E-state index is 11.3. The fourth-order valence-electron chi connectivity index (χ4n) is 1.53. The molecule has 1 aliphatic carbocycles. The number of hydrogen-bond donors (Lipinski definition) is 2. The fourth-order valence-corrected chi connectivity index (χ4v) is 1.53. The molecule has 0 saturated heterocycles. The molecule has 0 radical (unpaired) electrons. The summed E-state index contributed by atoms with van der Waals surface area (Å²) in [6.45, 7) is -0.0110. The second kappa shape index (κ2) is 5.95. The Morgan fingerprint density at radius 3 is 2.75 bits per heavy atom. The van der Waals surface area contributed by atoms with Gasteiger partial charge in [-0.3, -0.25) is 0 Å². The van der Waals surface area contributed by atoms with E-state index in [-0.39, 0.29) is 13.2 Å². The SMILES string of the molecule is COCO[C@@H]1CC(C(=O)OC)=CC(O)[C@@H]1O. The summed E-state index contributed by atoms with van der Waals surface area (Å²) in [7, 11) is 2.70. The van der Waals surface area contributed by atoms with Crippen LogP contribution in [0.5, 0.6) is 0 Å². The van der Waals surface area contributed by atoms with Gasteiger partial charge in [0.05, 0.1) is 13.2 Å². The van der Waals surface area contributed by atoms with Gasteiger partial charge in [-0.1, -0.05) is 0 Å². The number of rotatable bonds is 4. The van der Waals surface area contributed by atoms with Gasteiger partial charge in [0, 0.05) is 19.1 Å². The van der Waals surface area contributed by atoms with Gasteiger partial charge in [-0.2, -0.15) is 0 Å². The number of hydrogen-bond acceptors (Lipinski definition) is 6. The third kappa shape index (κ3) is 3.02. The summed E-state index contributed by atoms with van der Waals surface area (Å²) in [5.74, 6) is -0.531. The largest absolute Gasteiger partial charge is 0.466 e. The Morgan fingerprint density at radius 1 is 1.50 bits per heavy atom. The number of aliphatic hydroxyl groups is 2. The van der Waals surface area contributed by atoms with E-state index in [1.165, 1.54) is 20.3 Å². The van der Waals surface area contributed by atoms with Crippen LogP contribution in [0.15, 0.2) is 11.6 Å². The maximum atomic E-state index is 11.3. The Hall–Kier alpha value is -0.950. The highest BCUT2D eigenvalue weighted by Gasteiger charge is 2.33. The van der Waals surface area contributed by atoms with Crippen LogP contribution in [-0.4, -0.2) is 55.5 Å². The van der Waals surface area contributed by atoms with E-state index in [4.69, 9.17) is 9.47 Å². The molecule has 0 spiro atoms. The maximum Gasteiger partial charge on any atom is 0.333 e. The number of ether oxygens (including phenoxy) is 3. The van der Waals surface area contributed by atoms with Gasteiger partial charge < -0.3 is 24.4 Å². The number of carbonyl (C=O) groups is 1. The van der Waals surface area contributed by atoms with Crippen molar-refractivity contribution in [2.45, 2.75) is 24.7 Å². The first-order valence-electron chi connectivity index (χ1n) is 4.85. The van der Waals surface area contributed by atoms with Gasteiger partial charge in [0.15, 0.2) is 0 Å². The Kier molecular flexibility index (Phi) is 4.88. The average Bonchev–Trinajstić information content (AvgIpc) is 2.29. The molecule has 0 aliphatic heterocycles. The van der Waals surface area contributed by atoms with Gasteiger partial charge in [-0.25, -0.2) is 4.79 Å². The summed E-state index contributed by atoms with van der Waals surface area (Å²) in [6, 6.07) is 0. The molecule has 6 heteroatoms. The predicted octanol–water partition coefficient (Wildman–Crippen LogP) is -0.800. The van der Waals surface area contributed by atoms with Crippen molar-refractivity contribution in [3.05, 3.63) is 11.6 Å². The van der Waals surface area contributed by atoms with E-state index in [9.17, 15) is 15.0 Å². The minimum atomic E-state index is -1.13. The number of carbonyl (C=O) groups excluding carboxylic acids is 1. The predicted molar refractivity (Wildman–Crippen MR) is 53.5 cm³/mol. The molecule has 1 unspecified atom stereocenters. The smallest absolute Gasteiger partial charge is 0.333 e. The highest BCUT2D eigenvalue weighted by molar-refractivity contribution is 5.88. The molecule has 6 nitrogen and oxygen atoms in total. The van der Waals surface area contributed by atoms with Crippen LogP contribution < -0.4 is 0 Å². The topological polar surface area (TPSA) is 85.2 Å². The molecule has 1 rings (SSSR count). The number of esters is 1. The molecular formula is C10H16O6. The van der Waals surface area contributed by atoms with Crippen molar-refractivity contribution in [3.8, 4) is 0 Å². The molecule has 16 heavy (non-hydrogen) atoms. The third-order valence-corrected chi connectivity index (χ3v) is 2.37. The van der Waals surface area contributed by atoms with Gasteiger partial charge in [0.25, 0.3) is 0 Å². The Balaban J connectivity index is 2.69. The standard InChI is InChI=1S/C10H16O6/c1-14-5-16-8-4-6(10(13)15-2)3-7(11)9(8)12/h3,7-9,11-12H,4-5H2,1-2H3/t7?,8-,9+/m1/s1. The van der Waals surface area contributed by atoms with Crippen molar-refractivity contribution in [1.29, 1.82) is 0 Å². The van der Waals surface area contributed by atoms with Gasteiger partial charge in [0.2, 0.25) is 0 Å². The van der Waals surface area contributed by atoms with E-state index >= 15 is 0 Å². The first-order chi connectivity index (χ1) is 7.60. The van der Waals surface area contributed by atoms with Gasteiger partial charge >= 0.3 is 5.97 Å². The zero-order chi connectivity index (χ0) is 12.1. The Morgan fingerprint density at radius 2 is 2.19 bits per heavy atom. The van der Waals surface area contributed by atoms with E-state index in [1.807, 2.05) is 0 Å². The summed E-state index contributed by atoms with van der Waals surface area (Å²) in [6.07, 6.45) is -1.40. The average molecular weight is 232 g/mol.